The molecule has 1 aliphatic heterocycles. The lowest BCUT2D eigenvalue weighted by Gasteiger charge is -2.34. The number of aromatic nitrogens is 3. The molecule has 2 aromatic heterocycles. The molecular weight excluding hydrogens is 376 g/mol. The number of rotatable bonds is 2. The van der Waals surface area contributed by atoms with Crippen molar-refractivity contribution < 1.29 is 14.3 Å². The summed E-state index contributed by atoms with van der Waals surface area (Å²) in [6.45, 7) is 6.79. The van der Waals surface area contributed by atoms with Crippen molar-refractivity contribution in [2.45, 2.75) is 45.3 Å². The minimum atomic E-state index is -0.497. The van der Waals surface area contributed by atoms with Crippen LogP contribution < -0.4 is 4.74 Å². The Balaban J connectivity index is 1.70. The Bertz CT molecular complexity index is 740. The number of hydrogen-bond acceptors (Lipinski definition) is 5. The second kappa shape index (κ2) is 6.58. The van der Waals surface area contributed by atoms with E-state index in [1.807, 2.05) is 39.0 Å². The Kier molecular flexibility index (Phi) is 4.67. The van der Waals surface area contributed by atoms with Crippen LogP contribution in [-0.2, 0) is 4.74 Å². The fourth-order valence-corrected chi connectivity index (χ4v) is 2.98. The Hall–Kier alpha value is -1.83. The lowest BCUT2D eigenvalue weighted by Crippen LogP contribution is -2.46. The minimum Gasteiger partial charge on any atom is -0.472 e. The van der Waals surface area contributed by atoms with Crippen LogP contribution in [0.4, 0.5) is 4.79 Å². The van der Waals surface area contributed by atoms with E-state index >= 15 is 0 Å². The largest absolute Gasteiger partial charge is 0.472 e. The first kappa shape index (κ1) is 17.0. The van der Waals surface area contributed by atoms with Crippen LogP contribution in [-0.4, -0.2) is 50.4 Å². The van der Waals surface area contributed by atoms with Crippen molar-refractivity contribution in [1.29, 1.82) is 0 Å². The molecular formula is C16H21BrN4O3. The van der Waals surface area contributed by atoms with Crippen LogP contribution >= 0.6 is 15.9 Å². The van der Waals surface area contributed by atoms with Gasteiger partial charge in [-0.15, -0.1) is 5.10 Å². The Morgan fingerprint density at radius 3 is 2.92 bits per heavy atom. The van der Waals surface area contributed by atoms with E-state index < -0.39 is 5.60 Å². The van der Waals surface area contributed by atoms with E-state index in [-0.39, 0.29) is 12.2 Å². The number of fused-ring (bicyclic) bond motifs is 1. The number of carbonyl (C=O) groups excluding carboxylic acids is 1. The van der Waals surface area contributed by atoms with Gasteiger partial charge in [-0.2, -0.15) is 4.52 Å². The molecule has 8 heteroatoms. The number of halogens is 1. The van der Waals surface area contributed by atoms with E-state index in [4.69, 9.17) is 9.47 Å². The predicted molar refractivity (Wildman–Crippen MR) is 92.1 cm³/mol. The zero-order chi connectivity index (χ0) is 17.3. The van der Waals surface area contributed by atoms with E-state index in [1.165, 1.54) is 0 Å². The molecule has 130 valence electrons. The number of piperidine rings is 1. The van der Waals surface area contributed by atoms with Crippen molar-refractivity contribution in [3.8, 4) is 5.88 Å². The topological polar surface area (TPSA) is 69.0 Å². The van der Waals surface area contributed by atoms with Gasteiger partial charge in [-0.1, -0.05) is 6.07 Å². The molecule has 1 aliphatic rings. The van der Waals surface area contributed by atoms with Crippen molar-refractivity contribution in [2.75, 3.05) is 13.1 Å². The molecule has 1 atom stereocenters. The number of pyridine rings is 1. The fraction of sp³-hybridized carbons (Fsp3) is 0.562. The summed E-state index contributed by atoms with van der Waals surface area (Å²) < 4.78 is 13.7. The predicted octanol–water partition coefficient (Wildman–Crippen LogP) is 3.27. The highest BCUT2D eigenvalue weighted by molar-refractivity contribution is 9.10. The molecule has 7 nitrogen and oxygen atoms in total. The zero-order valence-corrected chi connectivity index (χ0v) is 15.6. The van der Waals surface area contributed by atoms with Crippen LogP contribution in [0.2, 0.25) is 0 Å². The van der Waals surface area contributed by atoms with Crippen LogP contribution in [0.5, 0.6) is 5.88 Å². The van der Waals surface area contributed by atoms with Crippen LogP contribution in [0.3, 0.4) is 0 Å². The number of nitrogens with zero attached hydrogens (tertiary/aromatic N) is 4. The number of ether oxygens (including phenoxy) is 2. The average molecular weight is 397 g/mol. The van der Waals surface area contributed by atoms with Crippen LogP contribution in [0.1, 0.15) is 33.6 Å². The van der Waals surface area contributed by atoms with Crippen LogP contribution in [0, 0.1) is 0 Å². The summed E-state index contributed by atoms with van der Waals surface area (Å²) in [7, 11) is 0. The summed E-state index contributed by atoms with van der Waals surface area (Å²) in [6, 6.07) is 5.58. The summed E-state index contributed by atoms with van der Waals surface area (Å²) in [5.41, 5.74) is 0.211. The molecule has 1 amide bonds. The van der Waals surface area contributed by atoms with Crippen LogP contribution in [0.15, 0.2) is 22.9 Å². The third-order valence-corrected chi connectivity index (χ3v) is 3.95. The van der Waals surface area contributed by atoms with Gasteiger partial charge in [0.05, 0.1) is 6.54 Å². The van der Waals surface area contributed by atoms with Gasteiger partial charge in [0.2, 0.25) is 10.6 Å². The Morgan fingerprint density at radius 1 is 1.38 bits per heavy atom. The first-order valence-electron chi connectivity index (χ1n) is 7.98. The number of carbonyl (C=O) groups is 1. The van der Waals surface area contributed by atoms with Crippen molar-refractivity contribution in [3.05, 3.63) is 22.9 Å². The maximum atomic E-state index is 12.2. The van der Waals surface area contributed by atoms with Crippen LogP contribution in [0.25, 0.3) is 5.65 Å². The maximum Gasteiger partial charge on any atom is 0.410 e. The highest BCUT2D eigenvalue weighted by Gasteiger charge is 2.29. The quantitative estimate of drug-likeness (QED) is 0.778. The average Bonchev–Trinajstić information content (AvgIpc) is 2.87. The monoisotopic (exact) mass is 396 g/mol. The van der Waals surface area contributed by atoms with E-state index in [1.54, 1.807) is 9.42 Å². The summed E-state index contributed by atoms with van der Waals surface area (Å²) in [5, 5.41) is 4.27. The van der Waals surface area contributed by atoms with Gasteiger partial charge in [0.15, 0.2) is 5.65 Å². The van der Waals surface area contributed by atoms with Gasteiger partial charge in [0.1, 0.15) is 11.7 Å². The summed E-state index contributed by atoms with van der Waals surface area (Å²) in [6.07, 6.45) is 1.37. The Labute approximate surface area is 149 Å². The third kappa shape index (κ3) is 3.98. The normalized spacial score (nSPS) is 18.7. The minimum absolute atomic E-state index is 0.0974. The summed E-state index contributed by atoms with van der Waals surface area (Å²) in [4.78, 5) is 18.2. The second-order valence-electron chi connectivity index (χ2n) is 6.82. The lowest BCUT2D eigenvalue weighted by atomic mass is 10.1. The van der Waals surface area contributed by atoms with E-state index in [0.717, 1.165) is 12.8 Å². The smallest absolute Gasteiger partial charge is 0.410 e. The van der Waals surface area contributed by atoms with E-state index in [9.17, 15) is 4.79 Å². The lowest BCUT2D eigenvalue weighted by molar-refractivity contribution is 0.00696. The van der Waals surface area contributed by atoms with Crippen molar-refractivity contribution in [1.82, 2.24) is 19.5 Å². The molecule has 24 heavy (non-hydrogen) atoms. The van der Waals surface area contributed by atoms with Gasteiger partial charge in [-0.25, -0.2) is 9.78 Å². The van der Waals surface area contributed by atoms with E-state index in [0.29, 0.717) is 29.4 Å². The molecule has 0 radical (unpaired) electrons. The molecule has 0 spiro atoms. The number of amides is 1. The number of hydrogen-bond donors (Lipinski definition) is 0. The van der Waals surface area contributed by atoms with Gasteiger partial charge < -0.3 is 14.4 Å². The van der Waals surface area contributed by atoms with Gasteiger partial charge in [0.25, 0.3) is 0 Å². The molecule has 0 bridgehead atoms. The van der Waals surface area contributed by atoms with Crippen molar-refractivity contribution in [2.24, 2.45) is 0 Å². The van der Waals surface area contributed by atoms with Gasteiger partial charge in [-0.05, 0) is 55.6 Å². The van der Waals surface area contributed by atoms with Crippen molar-refractivity contribution in [3.63, 3.8) is 0 Å². The second-order valence-corrected chi connectivity index (χ2v) is 7.53. The molecule has 0 unspecified atom stereocenters. The first-order valence-corrected chi connectivity index (χ1v) is 8.77. The van der Waals surface area contributed by atoms with Gasteiger partial charge in [0, 0.05) is 12.6 Å². The molecule has 1 fully saturated rings. The molecule has 1 saturated heterocycles. The third-order valence-electron chi connectivity index (χ3n) is 3.62. The van der Waals surface area contributed by atoms with Gasteiger partial charge in [-0.3, -0.25) is 0 Å². The SMILES string of the molecule is CC(C)(C)OC(=O)N1CCC[C@H](Oc2cccc3nc(Br)nn23)C1. The van der Waals surface area contributed by atoms with E-state index in [2.05, 4.69) is 26.0 Å². The van der Waals surface area contributed by atoms with Crippen molar-refractivity contribution >= 4 is 27.7 Å². The summed E-state index contributed by atoms with van der Waals surface area (Å²) >= 11 is 3.27. The Morgan fingerprint density at radius 2 is 2.17 bits per heavy atom. The molecule has 0 saturated carbocycles. The zero-order valence-electron chi connectivity index (χ0n) is 14.0. The fourth-order valence-electron chi connectivity index (χ4n) is 2.64. The molecule has 0 N–H and O–H groups in total. The van der Waals surface area contributed by atoms with Gasteiger partial charge >= 0.3 is 6.09 Å². The highest BCUT2D eigenvalue weighted by atomic mass is 79.9. The maximum absolute atomic E-state index is 12.2. The summed E-state index contributed by atoms with van der Waals surface area (Å²) in [5.74, 6) is 0.613. The highest BCUT2D eigenvalue weighted by Crippen LogP contribution is 2.21. The standard InChI is InChI=1S/C16H21BrN4O3/c1-16(2,3)24-15(22)20-9-5-6-11(10-20)23-13-8-4-7-12-18-14(17)19-21(12)13/h4,7-8,11H,5-6,9-10H2,1-3H3/t11-/m0/s1. The molecule has 0 aliphatic carbocycles. The molecule has 3 heterocycles. The molecule has 3 rings (SSSR count). The number of likely N-dealkylation sites (tertiary alicyclic amines) is 1. The molecule has 0 aromatic carbocycles. The molecule has 2 aromatic rings. The first-order chi connectivity index (χ1) is 11.3.